The lowest BCUT2D eigenvalue weighted by atomic mass is 9.80. The highest BCUT2D eigenvalue weighted by atomic mass is 16.1. The molecule has 1 aliphatic heterocycles. The van der Waals surface area contributed by atoms with Gasteiger partial charge in [0.1, 0.15) is 11.6 Å². The van der Waals surface area contributed by atoms with E-state index in [0.29, 0.717) is 30.0 Å². The molecule has 25 heavy (non-hydrogen) atoms. The van der Waals surface area contributed by atoms with Crippen LogP contribution in [0, 0.1) is 17.8 Å². The van der Waals surface area contributed by atoms with Crippen LogP contribution >= 0.6 is 0 Å². The van der Waals surface area contributed by atoms with E-state index in [9.17, 15) is 4.79 Å². The molecule has 2 aliphatic carbocycles. The Hall–Kier alpha value is -1.81. The average Bonchev–Trinajstić information content (AvgIpc) is 3.51. The number of aromatic nitrogens is 2. The molecule has 1 aromatic heterocycles. The van der Waals surface area contributed by atoms with Crippen LogP contribution in [0.3, 0.4) is 0 Å². The van der Waals surface area contributed by atoms with Gasteiger partial charge in [-0.25, -0.2) is 9.97 Å². The van der Waals surface area contributed by atoms with Crippen molar-refractivity contribution in [1.82, 2.24) is 15.3 Å². The summed E-state index contributed by atoms with van der Waals surface area (Å²) in [4.78, 5) is 22.6. The molecule has 0 spiro atoms. The third kappa shape index (κ3) is 2.58. The predicted octanol–water partition coefficient (Wildman–Crippen LogP) is 3.21. The number of carbonyl (C=O) groups excluding carboxylic acids is 1. The molecule has 130 valence electrons. The van der Waals surface area contributed by atoms with Crippen LogP contribution in [-0.2, 0) is 10.2 Å². The van der Waals surface area contributed by atoms with Crippen LogP contribution < -0.4 is 5.32 Å². The van der Waals surface area contributed by atoms with Crippen molar-refractivity contribution in [2.24, 2.45) is 17.8 Å². The number of Topliss-reactive ketones (excluding diaryl/α,β-unsaturated/α-hetero) is 1. The number of rotatable bonds is 5. The van der Waals surface area contributed by atoms with Crippen molar-refractivity contribution in [2.45, 2.75) is 44.4 Å². The quantitative estimate of drug-likeness (QED) is 0.911. The lowest BCUT2D eigenvalue weighted by molar-refractivity contribution is -0.122. The average molecular weight is 335 g/mol. The molecule has 3 atom stereocenters. The Labute approximate surface area is 148 Å². The Morgan fingerprint density at radius 3 is 2.60 bits per heavy atom. The first-order valence-corrected chi connectivity index (χ1v) is 9.55. The summed E-state index contributed by atoms with van der Waals surface area (Å²) in [6, 6.07) is 8.25. The van der Waals surface area contributed by atoms with E-state index in [1.807, 2.05) is 12.1 Å². The predicted molar refractivity (Wildman–Crippen MR) is 97.5 cm³/mol. The van der Waals surface area contributed by atoms with E-state index in [2.05, 4.69) is 31.3 Å². The number of hydrogen-bond donors (Lipinski definition) is 1. The van der Waals surface area contributed by atoms with Gasteiger partial charge in [0, 0.05) is 29.1 Å². The number of ketones is 1. The summed E-state index contributed by atoms with van der Waals surface area (Å²) < 4.78 is 0. The Morgan fingerprint density at radius 1 is 1.16 bits per heavy atom. The smallest absolute Gasteiger partial charge is 0.137 e. The molecular formula is C21H25N3O. The molecule has 4 nitrogen and oxygen atoms in total. The van der Waals surface area contributed by atoms with Crippen molar-refractivity contribution in [3.63, 3.8) is 0 Å². The molecule has 1 saturated heterocycles. The molecule has 0 radical (unpaired) electrons. The normalized spacial score (nSPS) is 28.2. The fourth-order valence-corrected chi connectivity index (χ4v) is 4.67. The molecule has 0 amide bonds. The van der Waals surface area contributed by atoms with E-state index in [-0.39, 0.29) is 11.3 Å². The third-order valence-corrected chi connectivity index (χ3v) is 6.28. The lowest BCUT2D eigenvalue weighted by Gasteiger charge is -2.26. The standard InChI is InChI=1S/C21H25N3O/c1-21(2,9-17(25)18-14-10-22-11-15(14)18)19-13-5-3-4-6-16(13)23-20(24-19)12-7-8-12/h3-6,12,14-15,18,22H,7-11H2,1-2H3/t14-,15+,18?. The molecule has 5 rings (SSSR count). The van der Waals surface area contributed by atoms with Crippen molar-refractivity contribution in [1.29, 1.82) is 0 Å². The zero-order valence-corrected chi connectivity index (χ0v) is 15.0. The van der Waals surface area contributed by atoms with E-state index in [1.165, 1.54) is 12.8 Å². The second-order valence-electron chi connectivity index (χ2n) is 8.76. The van der Waals surface area contributed by atoms with E-state index >= 15 is 0 Å². The Bertz CT molecular complexity index is 845. The van der Waals surface area contributed by atoms with Gasteiger partial charge in [-0.15, -0.1) is 0 Å². The first-order chi connectivity index (χ1) is 12.0. The maximum Gasteiger partial charge on any atom is 0.137 e. The van der Waals surface area contributed by atoms with Crippen LogP contribution in [0.2, 0.25) is 0 Å². The number of piperidine rings is 1. The topological polar surface area (TPSA) is 54.9 Å². The zero-order valence-electron chi connectivity index (χ0n) is 15.0. The summed E-state index contributed by atoms with van der Waals surface area (Å²) in [7, 11) is 0. The van der Waals surface area contributed by atoms with Crippen LogP contribution in [0.1, 0.15) is 50.5 Å². The molecule has 4 heteroatoms. The van der Waals surface area contributed by atoms with Gasteiger partial charge >= 0.3 is 0 Å². The molecule has 2 saturated carbocycles. The monoisotopic (exact) mass is 335 g/mol. The fourth-order valence-electron chi connectivity index (χ4n) is 4.67. The SMILES string of the molecule is CC(C)(CC(=O)C1[C@H]2CNC[C@@H]12)c1nc(C2CC2)nc2ccccc12. The summed E-state index contributed by atoms with van der Waals surface area (Å²) >= 11 is 0. The summed E-state index contributed by atoms with van der Waals surface area (Å²) in [6.07, 6.45) is 2.96. The van der Waals surface area contributed by atoms with Gasteiger partial charge in [-0.2, -0.15) is 0 Å². The van der Waals surface area contributed by atoms with Gasteiger partial charge in [-0.1, -0.05) is 32.0 Å². The molecule has 3 aliphatic rings. The highest BCUT2D eigenvalue weighted by Gasteiger charge is 2.56. The molecule has 1 aromatic carbocycles. The molecule has 2 aromatic rings. The summed E-state index contributed by atoms with van der Waals surface area (Å²) in [5, 5.41) is 4.48. The second kappa shape index (κ2) is 5.34. The first-order valence-electron chi connectivity index (χ1n) is 9.55. The number of nitrogens with one attached hydrogen (secondary N) is 1. The lowest BCUT2D eigenvalue weighted by Crippen LogP contribution is -2.27. The van der Waals surface area contributed by atoms with Crippen LogP contribution in [0.4, 0.5) is 0 Å². The van der Waals surface area contributed by atoms with E-state index in [1.54, 1.807) is 0 Å². The molecule has 2 heterocycles. The number of benzene rings is 1. The largest absolute Gasteiger partial charge is 0.316 e. The summed E-state index contributed by atoms with van der Waals surface area (Å²) in [5.41, 5.74) is 1.81. The molecule has 3 fully saturated rings. The Morgan fingerprint density at radius 2 is 1.88 bits per heavy atom. The van der Waals surface area contributed by atoms with Crippen molar-refractivity contribution in [3.05, 3.63) is 35.8 Å². The number of fused-ring (bicyclic) bond motifs is 2. The maximum atomic E-state index is 12.9. The van der Waals surface area contributed by atoms with E-state index < -0.39 is 0 Å². The van der Waals surface area contributed by atoms with Gasteiger partial charge in [0.25, 0.3) is 0 Å². The summed E-state index contributed by atoms with van der Waals surface area (Å²) in [5.74, 6) is 3.39. The highest BCUT2D eigenvalue weighted by Crippen LogP contribution is 2.51. The van der Waals surface area contributed by atoms with Gasteiger partial charge in [0.2, 0.25) is 0 Å². The minimum Gasteiger partial charge on any atom is -0.316 e. The van der Waals surface area contributed by atoms with Gasteiger partial charge < -0.3 is 5.32 Å². The van der Waals surface area contributed by atoms with Gasteiger partial charge in [0.05, 0.1) is 11.2 Å². The molecule has 1 N–H and O–H groups in total. The van der Waals surface area contributed by atoms with E-state index in [4.69, 9.17) is 9.97 Å². The van der Waals surface area contributed by atoms with Crippen LogP contribution in [0.15, 0.2) is 24.3 Å². The zero-order chi connectivity index (χ0) is 17.2. The number of para-hydroxylation sites is 1. The van der Waals surface area contributed by atoms with Crippen molar-refractivity contribution in [2.75, 3.05) is 13.1 Å². The minimum atomic E-state index is -0.256. The number of carbonyl (C=O) groups is 1. The van der Waals surface area contributed by atoms with E-state index in [0.717, 1.165) is 35.5 Å². The third-order valence-electron chi connectivity index (χ3n) is 6.28. The second-order valence-corrected chi connectivity index (χ2v) is 8.76. The van der Waals surface area contributed by atoms with Crippen molar-refractivity contribution < 1.29 is 4.79 Å². The van der Waals surface area contributed by atoms with Crippen LogP contribution in [0.25, 0.3) is 10.9 Å². The van der Waals surface area contributed by atoms with Crippen LogP contribution in [-0.4, -0.2) is 28.8 Å². The first kappa shape index (κ1) is 15.4. The Kier molecular flexibility index (Phi) is 3.30. The highest BCUT2D eigenvalue weighted by molar-refractivity contribution is 5.88. The van der Waals surface area contributed by atoms with Gasteiger partial charge in [0.15, 0.2) is 0 Å². The van der Waals surface area contributed by atoms with Crippen molar-refractivity contribution in [3.8, 4) is 0 Å². The molecule has 1 unspecified atom stereocenters. The maximum absolute atomic E-state index is 12.9. The van der Waals surface area contributed by atoms with Gasteiger partial charge in [-0.05, 0) is 43.8 Å². The summed E-state index contributed by atoms with van der Waals surface area (Å²) in [6.45, 7) is 6.38. The van der Waals surface area contributed by atoms with Crippen molar-refractivity contribution >= 4 is 16.7 Å². The number of hydrogen-bond acceptors (Lipinski definition) is 4. The van der Waals surface area contributed by atoms with Gasteiger partial charge in [-0.3, -0.25) is 4.79 Å². The van der Waals surface area contributed by atoms with Crippen LogP contribution in [0.5, 0.6) is 0 Å². The molecule has 0 bridgehead atoms. The molecular weight excluding hydrogens is 310 g/mol. The minimum absolute atomic E-state index is 0.256. The number of nitrogens with zero attached hydrogens (tertiary/aromatic N) is 2. The fraction of sp³-hybridized carbons (Fsp3) is 0.571. The Balaban J connectivity index is 1.49.